The minimum Gasteiger partial charge on any atom is -0.512 e. The third kappa shape index (κ3) is 110. The van der Waals surface area contributed by atoms with Gasteiger partial charge in [-0.1, -0.05) is 319 Å². The van der Waals surface area contributed by atoms with Crippen molar-refractivity contribution >= 4 is 40.9 Å². The first-order valence-corrected chi connectivity index (χ1v) is 50.6. The summed E-state index contributed by atoms with van der Waals surface area (Å²) >= 11 is 0. The Hall–Kier alpha value is -10.7. The first-order valence-electron chi connectivity index (χ1n) is 50.6. The van der Waals surface area contributed by atoms with E-state index in [1.165, 1.54) is 23.5 Å². The predicted molar refractivity (Wildman–Crippen MR) is 594 cm³/mol. The second-order valence-corrected chi connectivity index (χ2v) is 41.6. The zero-order valence-electron chi connectivity index (χ0n) is 98.0. The van der Waals surface area contributed by atoms with Crippen molar-refractivity contribution in [2.75, 3.05) is 6.54 Å². The molecule has 37 heteroatoms. The standard InChI is InChI=1S/2C9H16N2.2C8H16O.2C7H16N2.C7H17NO.C7H15NO.C5H9N3.2C5H5NO.3C4H8N4.2C4H9NO.2C4H10/c2*1-6(2)8-5-10-9(11-8)7(3)4;2*1-6(2)5-8(9)7(3)4;2*1-5(2)7(8)9-6(3)4;2*1-5(2)7(9)8-6(3)4;1-4(2)5-3-6-8-7-5;2*7-5-3-1-2-4-6-5;3*1-3(2)4-5-7-8-6-4;2*1-3(2)4(5)6;2*1-4(2)3/h2*5-7H,1-4H3,(H,10,11);6-7H,5H2,1-4H3;5-7,9H,1-4H3;2*5-6H,1-4H3,(H2,8,9);5-9H,1-4H3;5-6H,1-4H3,(H,8,9);4H,3H2,1-2H3;2*1-4H,(H,6,7);3*3H,1-2H3,(H,5,6,7,8);2*3H,1-2H3,(H2,5,6);2*4H,1-3H3/b;;;8-5-;;;;;;;;;;;;;;. The van der Waals surface area contributed by atoms with E-state index in [-0.39, 0.29) is 70.7 Å². The number of Topliss-reactive ketones (excluding diaryl/α,β-unsaturated/α-hetero) is 1. The topological polar surface area (TPSA) is 585 Å². The summed E-state index contributed by atoms with van der Waals surface area (Å²) in [6.45, 7) is 102. The molecule has 1 aliphatic rings. The molecule has 1 atom stereocenters. The smallest absolute Gasteiger partial charge is 0.247 e. The molecule has 7 aromatic heterocycles. The molecule has 0 saturated heterocycles. The lowest BCUT2D eigenvalue weighted by atomic mass is 9.99. The van der Waals surface area contributed by atoms with E-state index < -0.39 is 0 Å². The van der Waals surface area contributed by atoms with E-state index in [1.807, 2.05) is 198 Å². The number of nitrogens with one attached hydrogen (secondary N) is 9. The molecule has 0 spiro atoms. The maximum Gasteiger partial charge on any atom is 0.247 e. The van der Waals surface area contributed by atoms with Crippen LogP contribution < -0.4 is 44.7 Å². The lowest BCUT2D eigenvalue weighted by Gasteiger charge is -2.18. The number of amidine groups is 2. The number of tetrazole rings is 3. The predicted octanol–water partition coefficient (Wildman–Crippen LogP) is 22.0. The van der Waals surface area contributed by atoms with Gasteiger partial charge in [-0.3, -0.25) is 44.1 Å². The number of aliphatic imine (C=N–C) groups is 2. The average molecular weight is 2010 g/mol. The molecular formula is C105H209N29O8. The third-order valence-corrected chi connectivity index (χ3v) is 16.3. The summed E-state index contributed by atoms with van der Waals surface area (Å²) < 4.78 is 0. The molecule has 1 unspecified atom stereocenters. The first kappa shape index (κ1) is 151. The highest BCUT2D eigenvalue weighted by molar-refractivity contribution is 5.88. The number of amides is 3. The summed E-state index contributed by atoms with van der Waals surface area (Å²) in [5, 5.41) is 75.1. The van der Waals surface area contributed by atoms with Crippen LogP contribution in [0.15, 0.2) is 108 Å². The fraction of sp³-hybridized carbons (Fsp3) is 0.733. The van der Waals surface area contributed by atoms with Gasteiger partial charge in [-0.15, -0.1) is 35.7 Å². The average Bonchev–Trinajstić information content (AvgIpc) is 1.75. The Kier molecular flexibility index (Phi) is 98.9. The zero-order valence-corrected chi connectivity index (χ0v) is 98.0. The molecule has 0 aliphatic carbocycles. The molecule has 0 fully saturated rings. The number of allylic oxidation sites excluding steroid dienone is 2. The number of aromatic amines is 7. The van der Waals surface area contributed by atoms with E-state index in [9.17, 15) is 33.9 Å². The Morgan fingerprint density at radius 2 is 0.746 bits per heavy atom. The summed E-state index contributed by atoms with van der Waals surface area (Å²) in [7, 11) is 0. The molecule has 37 nitrogen and oxygen atoms in total. The molecule has 0 aromatic carbocycles. The monoisotopic (exact) mass is 2000 g/mol. The van der Waals surface area contributed by atoms with Gasteiger partial charge >= 0.3 is 0 Å². The lowest BCUT2D eigenvalue weighted by molar-refractivity contribution is -0.124. The fourth-order valence-electron chi connectivity index (χ4n) is 7.45. The maximum atomic E-state index is 11.0. The summed E-state index contributed by atoms with van der Waals surface area (Å²) in [4.78, 5) is 90.5. The van der Waals surface area contributed by atoms with E-state index in [2.05, 4.69) is 266 Å². The van der Waals surface area contributed by atoms with E-state index >= 15 is 0 Å². The van der Waals surface area contributed by atoms with Crippen LogP contribution in [0.5, 0.6) is 0 Å². The van der Waals surface area contributed by atoms with Crippen LogP contribution in [0.25, 0.3) is 0 Å². The summed E-state index contributed by atoms with van der Waals surface area (Å²) in [6, 6.07) is 11.1. The van der Waals surface area contributed by atoms with E-state index in [4.69, 9.17) is 28.0 Å². The number of aromatic nitrogens is 18. The molecule has 0 bridgehead atoms. The Bertz CT molecular complexity index is 3920. The molecule has 19 N–H and O–H groups in total. The summed E-state index contributed by atoms with van der Waals surface area (Å²) in [5.41, 5.74) is 24.2. The highest BCUT2D eigenvalue weighted by Gasteiger charge is 2.14. The van der Waals surface area contributed by atoms with Gasteiger partial charge in [-0.05, 0) is 126 Å². The van der Waals surface area contributed by atoms with Crippen molar-refractivity contribution in [1.82, 2.24) is 102 Å². The molecule has 8 rings (SSSR count). The van der Waals surface area contributed by atoms with Crippen molar-refractivity contribution in [1.29, 1.82) is 0 Å². The second kappa shape index (κ2) is 92.7. The van der Waals surface area contributed by atoms with Crippen LogP contribution in [0.4, 0.5) is 0 Å². The number of pyridine rings is 2. The van der Waals surface area contributed by atoms with Gasteiger partial charge in [-0.25, -0.2) is 9.97 Å². The largest absolute Gasteiger partial charge is 0.512 e. The lowest BCUT2D eigenvalue weighted by Crippen LogP contribution is -2.38. The highest BCUT2D eigenvalue weighted by atomic mass is 16.3. The molecule has 0 radical (unpaired) electrons. The number of aliphatic hydroxyl groups is 2. The first-order chi connectivity index (χ1) is 65.2. The molecule has 142 heavy (non-hydrogen) atoms. The summed E-state index contributed by atoms with van der Waals surface area (Å²) in [5.74, 6) is 14.5. The molecule has 8 heterocycles. The number of aliphatic hydroxyl groups excluding tert-OH is 2. The van der Waals surface area contributed by atoms with Gasteiger partial charge in [0, 0.05) is 150 Å². The van der Waals surface area contributed by atoms with Crippen molar-refractivity contribution in [2.24, 2.45) is 125 Å². The molecular weight excluding hydrogens is 1800 g/mol. The van der Waals surface area contributed by atoms with E-state index in [0.717, 1.165) is 64.8 Å². The van der Waals surface area contributed by atoms with E-state index in [1.54, 1.807) is 64.4 Å². The van der Waals surface area contributed by atoms with Crippen molar-refractivity contribution in [3.8, 4) is 0 Å². The number of imidazole rings is 2. The van der Waals surface area contributed by atoms with Crippen LogP contribution in [0.1, 0.15) is 435 Å². The van der Waals surface area contributed by atoms with Crippen LogP contribution in [0.2, 0.25) is 0 Å². The minimum atomic E-state index is -0.356. The van der Waals surface area contributed by atoms with Crippen molar-refractivity contribution in [2.45, 2.75) is 424 Å². The van der Waals surface area contributed by atoms with Gasteiger partial charge in [0.05, 0.1) is 23.1 Å². The number of primary amides is 2. The van der Waals surface area contributed by atoms with Crippen LogP contribution in [-0.4, -0.2) is 180 Å². The number of hydrogen-bond donors (Lipinski definition) is 15. The molecule has 0 saturated carbocycles. The van der Waals surface area contributed by atoms with Crippen LogP contribution >= 0.6 is 0 Å². The van der Waals surface area contributed by atoms with Crippen LogP contribution in [0, 0.1) is 76.9 Å². The van der Waals surface area contributed by atoms with Gasteiger partial charge in [0.25, 0.3) is 0 Å². The fourth-order valence-corrected chi connectivity index (χ4v) is 7.45. The number of hydrogen-bond acceptors (Lipinski definition) is 25. The number of rotatable bonds is 24. The normalized spacial score (nSPS) is 11.5. The van der Waals surface area contributed by atoms with Gasteiger partial charge in [0.2, 0.25) is 28.8 Å². The second-order valence-electron chi connectivity index (χ2n) is 41.6. The van der Waals surface area contributed by atoms with Crippen LogP contribution in [-0.2, 0) is 19.2 Å². The number of nitrogens with two attached hydrogens (primary N) is 4. The Morgan fingerprint density at radius 1 is 0.423 bits per heavy atom. The van der Waals surface area contributed by atoms with Gasteiger partial charge in [-0.2, -0.15) is 20.8 Å². The molecule has 7 aromatic rings. The zero-order chi connectivity index (χ0) is 113. The number of ketones is 1. The SMILES string of the molecule is CC(C)/C=C(\O)C(C)C.CC(C)C.CC(C)C.CC(C)C(N)=O.CC(C)C(N)=O.CC(C)C1=NN=NC1.CC(C)CC(=O)C(C)C.CC(C)N=C(N)C(C)C.CC(C)N=C(N)C(C)C.CC(C)NC(=O)C(C)C.CC(C)NC(O)C(C)C.CC(C)c1cnc(C(C)C)[nH]1.CC(C)c1cnc(C(C)C)[nH]1.CC(C)c1nn[nH]n1.CC(C)c1nn[nH]n1.CC(C)c1nn[nH]n1.O=c1cccc[nH]1.O=c1cccc[nH]1. The third-order valence-electron chi connectivity index (χ3n) is 16.3. The Morgan fingerprint density at radius 3 is 0.845 bits per heavy atom. The van der Waals surface area contributed by atoms with Gasteiger partial charge in [0.1, 0.15) is 30.2 Å². The van der Waals surface area contributed by atoms with Crippen molar-refractivity contribution in [3.63, 3.8) is 0 Å². The Labute approximate surface area is 858 Å². The van der Waals surface area contributed by atoms with Crippen molar-refractivity contribution < 1.29 is 29.4 Å². The minimum absolute atomic E-state index is 0.00926. The molecule has 822 valence electrons. The quantitative estimate of drug-likeness (QED) is 0.0116. The van der Waals surface area contributed by atoms with Crippen molar-refractivity contribution in [3.05, 3.63) is 134 Å². The van der Waals surface area contributed by atoms with Gasteiger partial charge in [0.15, 0.2) is 17.5 Å². The number of H-pyrrole nitrogens is 7. The molecule has 3 amide bonds. The van der Waals surface area contributed by atoms with E-state index in [0.29, 0.717) is 113 Å². The summed E-state index contributed by atoms with van der Waals surface area (Å²) in [6.07, 6.45) is 9.32. The number of carbonyl (C=O) groups excluding carboxylic acids is 4. The molecule has 1 aliphatic heterocycles. The van der Waals surface area contributed by atoms with Gasteiger partial charge < -0.3 is 58.4 Å². The number of carbonyl (C=O) groups is 4. The maximum absolute atomic E-state index is 11.0. The highest BCUT2D eigenvalue weighted by Crippen LogP contribution is 2.18. The number of nitrogens with zero attached hydrogens (tertiary/aromatic N) is 16. The Balaban J connectivity index is -0.000000163. The van der Waals surface area contributed by atoms with Crippen LogP contribution in [0.3, 0.4) is 0 Å².